The Labute approximate surface area is 128 Å². The van der Waals surface area contributed by atoms with Gasteiger partial charge in [-0.3, -0.25) is 9.69 Å². The van der Waals surface area contributed by atoms with Crippen LogP contribution in [0.25, 0.3) is 0 Å². The number of rotatable bonds is 7. The van der Waals surface area contributed by atoms with Crippen LogP contribution in [0, 0.1) is 6.92 Å². The van der Waals surface area contributed by atoms with E-state index < -0.39 is 12.0 Å². The first-order chi connectivity index (χ1) is 10.0. The molecule has 1 aromatic rings. The fourth-order valence-corrected chi connectivity index (χ4v) is 2.25. The lowest BCUT2D eigenvalue weighted by molar-refractivity contribution is -0.146. The standard InChI is InChI=1S/C15H18ClNO4/c1-4-11-6-7-12(16)10(3)14(11)17(9-19)13(8-18)15(20)21-5-2/h6-9,13H,4-5H2,1-3H3. The van der Waals surface area contributed by atoms with Gasteiger partial charge in [0.15, 0.2) is 12.3 Å². The van der Waals surface area contributed by atoms with Crippen molar-refractivity contribution in [1.82, 2.24) is 0 Å². The molecule has 0 fully saturated rings. The molecule has 5 nitrogen and oxygen atoms in total. The van der Waals surface area contributed by atoms with E-state index in [0.29, 0.717) is 35.4 Å². The molecule has 0 radical (unpaired) electrons. The number of aryl methyl sites for hydroxylation is 1. The molecule has 0 heterocycles. The number of ether oxygens (including phenoxy) is 1. The van der Waals surface area contributed by atoms with Crippen LogP contribution >= 0.6 is 11.6 Å². The SMILES string of the molecule is CCOC(=O)C(C=O)N(C=O)c1c(CC)ccc(Cl)c1C. The zero-order chi connectivity index (χ0) is 16.0. The summed E-state index contributed by atoms with van der Waals surface area (Å²) >= 11 is 6.09. The maximum atomic E-state index is 11.9. The van der Waals surface area contributed by atoms with Gasteiger partial charge in [0.05, 0.1) is 12.3 Å². The quantitative estimate of drug-likeness (QED) is 0.440. The Bertz CT molecular complexity index is 545. The highest BCUT2D eigenvalue weighted by Crippen LogP contribution is 2.31. The summed E-state index contributed by atoms with van der Waals surface area (Å²) in [7, 11) is 0. The third kappa shape index (κ3) is 3.61. The number of anilines is 1. The van der Waals surface area contributed by atoms with Gasteiger partial charge in [0.25, 0.3) is 0 Å². The second-order valence-electron chi connectivity index (χ2n) is 4.38. The molecule has 1 amide bonds. The van der Waals surface area contributed by atoms with Gasteiger partial charge in [-0.1, -0.05) is 24.6 Å². The van der Waals surface area contributed by atoms with Gasteiger partial charge in [-0.2, -0.15) is 0 Å². The van der Waals surface area contributed by atoms with Crippen LogP contribution in [-0.4, -0.2) is 31.3 Å². The van der Waals surface area contributed by atoms with Gasteiger partial charge < -0.3 is 9.53 Å². The van der Waals surface area contributed by atoms with Crippen LogP contribution in [0.3, 0.4) is 0 Å². The molecule has 0 bridgehead atoms. The lowest BCUT2D eigenvalue weighted by Crippen LogP contribution is -2.43. The van der Waals surface area contributed by atoms with E-state index >= 15 is 0 Å². The summed E-state index contributed by atoms with van der Waals surface area (Å²) < 4.78 is 4.84. The van der Waals surface area contributed by atoms with E-state index in [4.69, 9.17) is 16.3 Å². The molecule has 1 aromatic carbocycles. The van der Waals surface area contributed by atoms with Gasteiger partial charge in [-0.05, 0) is 37.5 Å². The largest absolute Gasteiger partial charge is 0.464 e. The summed E-state index contributed by atoms with van der Waals surface area (Å²) in [4.78, 5) is 35.7. The number of carbonyl (C=O) groups excluding carboxylic acids is 3. The monoisotopic (exact) mass is 311 g/mol. The van der Waals surface area contributed by atoms with E-state index in [2.05, 4.69) is 0 Å². The topological polar surface area (TPSA) is 63.7 Å². The molecule has 21 heavy (non-hydrogen) atoms. The molecule has 0 aliphatic heterocycles. The second-order valence-corrected chi connectivity index (χ2v) is 4.79. The Morgan fingerprint density at radius 3 is 2.52 bits per heavy atom. The van der Waals surface area contributed by atoms with Crippen LogP contribution in [0.15, 0.2) is 12.1 Å². The van der Waals surface area contributed by atoms with Crippen molar-refractivity contribution in [3.05, 3.63) is 28.3 Å². The Kier molecular flexibility index (Phi) is 6.37. The first-order valence-electron chi connectivity index (χ1n) is 6.65. The normalized spacial score (nSPS) is 11.6. The summed E-state index contributed by atoms with van der Waals surface area (Å²) in [5.41, 5.74) is 1.93. The molecule has 114 valence electrons. The van der Waals surface area contributed by atoms with Gasteiger partial charge in [-0.15, -0.1) is 0 Å². The molecule has 0 saturated carbocycles. The number of amides is 1. The average Bonchev–Trinajstić information content (AvgIpc) is 2.48. The molecule has 0 aliphatic rings. The number of benzene rings is 1. The van der Waals surface area contributed by atoms with Gasteiger partial charge in [0.1, 0.15) is 0 Å². The molecule has 1 unspecified atom stereocenters. The van der Waals surface area contributed by atoms with Crippen molar-refractivity contribution in [2.75, 3.05) is 11.5 Å². The van der Waals surface area contributed by atoms with Crippen LogP contribution < -0.4 is 4.90 Å². The molecule has 0 saturated heterocycles. The van der Waals surface area contributed by atoms with Crippen molar-refractivity contribution in [3.8, 4) is 0 Å². The highest BCUT2D eigenvalue weighted by Gasteiger charge is 2.29. The minimum absolute atomic E-state index is 0.130. The first-order valence-corrected chi connectivity index (χ1v) is 7.03. The van der Waals surface area contributed by atoms with E-state index in [-0.39, 0.29) is 6.61 Å². The minimum atomic E-state index is -1.31. The first kappa shape index (κ1) is 17.2. The number of carbonyl (C=O) groups is 3. The van der Waals surface area contributed by atoms with Crippen molar-refractivity contribution >= 4 is 36.0 Å². The van der Waals surface area contributed by atoms with Gasteiger partial charge in [0, 0.05) is 5.02 Å². The lowest BCUT2D eigenvalue weighted by atomic mass is 10.0. The van der Waals surface area contributed by atoms with Crippen LogP contribution in [0.2, 0.25) is 5.02 Å². The Hall–Kier alpha value is -1.88. The van der Waals surface area contributed by atoms with Gasteiger partial charge >= 0.3 is 5.97 Å². The number of hydrogen-bond donors (Lipinski definition) is 0. The fourth-order valence-electron chi connectivity index (χ4n) is 2.10. The van der Waals surface area contributed by atoms with E-state index in [9.17, 15) is 14.4 Å². The summed E-state index contributed by atoms with van der Waals surface area (Å²) in [5.74, 6) is -0.763. The highest BCUT2D eigenvalue weighted by molar-refractivity contribution is 6.31. The van der Waals surface area contributed by atoms with Crippen LogP contribution in [-0.2, 0) is 25.5 Å². The predicted molar refractivity (Wildman–Crippen MR) is 80.6 cm³/mol. The molecular formula is C15H18ClNO4. The highest BCUT2D eigenvalue weighted by atomic mass is 35.5. The van der Waals surface area contributed by atoms with Gasteiger partial charge in [-0.25, -0.2) is 4.79 Å². The molecule has 1 rings (SSSR count). The third-order valence-electron chi connectivity index (χ3n) is 3.16. The van der Waals surface area contributed by atoms with E-state index in [0.717, 1.165) is 10.5 Å². The molecule has 0 aliphatic carbocycles. The smallest absolute Gasteiger partial charge is 0.336 e. The van der Waals surface area contributed by atoms with Gasteiger partial charge in [0.2, 0.25) is 6.41 Å². The van der Waals surface area contributed by atoms with E-state index in [1.807, 2.05) is 6.92 Å². The van der Waals surface area contributed by atoms with E-state index in [1.54, 1.807) is 26.0 Å². The Morgan fingerprint density at radius 2 is 2.05 bits per heavy atom. The zero-order valence-corrected chi connectivity index (χ0v) is 13.0. The lowest BCUT2D eigenvalue weighted by Gasteiger charge is -2.26. The summed E-state index contributed by atoms with van der Waals surface area (Å²) in [6, 6.07) is 2.18. The maximum Gasteiger partial charge on any atom is 0.336 e. The second kappa shape index (κ2) is 7.78. The minimum Gasteiger partial charge on any atom is -0.464 e. The number of aldehydes is 1. The van der Waals surface area contributed by atoms with Crippen molar-refractivity contribution in [2.24, 2.45) is 0 Å². The van der Waals surface area contributed by atoms with E-state index in [1.165, 1.54) is 0 Å². The van der Waals surface area contributed by atoms with Crippen molar-refractivity contribution in [3.63, 3.8) is 0 Å². The number of esters is 1. The number of hydrogen-bond acceptors (Lipinski definition) is 4. The molecule has 6 heteroatoms. The summed E-state index contributed by atoms with van der Waals surface area (Å²) in [6.07, 6.45) is 1.48. The number of nitrogens with zero attached hydrogens (tertiary/aromatic N) is 1. The van der Waals surface area contributed by atoms with Crippen LogP contribution in [0.1, 0.15) is 25.0 Å². The molecular weight excluding hydrogens is 294 g/mol. The zero-order valence-electron chi connectivity index (χ0n) is 12.3. The Morgan fingerprint density at radius 1 is 1.38 bits per heavy atom. The maximum absolute atomic E-state index is 11.9. The molecule has 0 aromatic heterocycles. The summed E-state index contributed by atoms with van der Waals surface area (Å²) in [5, 5.41) is 0.461. The van der Waals surface area contributed by atoms with Crippen molar-refractivity contribution < 1.29 is 19.1 Å². The van der Waals surface area contributed by atoms with Crippen molar-refractivity contribution in [2.45, 2.75) is 33.2 Å². The average molecular weight is 312 g/mol. The molecule has 1 atom stereocenters. The third-order valence-corrected chi connectivity index (χ3v) is 3.57. The molecule has 0 spiro atoms. The summed E-state index contributed by atoms with van der Waals surface area (Å²) in [6.45, 7) is 5.41. The predicted octanol–water partition coefficient (Wildman–Crippen LogP) is 2.30. The van der Waals surface area contributed by atoms with Crippen molar-refractivity contribution in [1.29, 1.82) is 0 Å². The Balaban J connectivity index is 3.38. The molecule has 0 N–H and O–H groups in total. The fraction of sp³-hybridized carbons (Fsp3) is 0.400. The van der Waals surface area contributed by atoms with Crippen LogP contribution in [0.4, 0.5) is 5.69 Å². The number of halogens is 1. The van der Waals surface area contributed by atoms with Crippen LogP contribution in [0.5, 0.6) is 0 Å².